The Morgan fingerprint density at radius 2 is 1.78 bits per heavy atom. The summed E-state index contributed by atoms with van der Waals surface area (Å²) in [6.07, 6.45) is 0. The maximum absolute atomic E-state index is 11.0. The molecular formula is C14H14N2O2. The maximum Gasteiger partial charge on any atom is 0.277 e. The van der Waals surface area contributed by atoms with Crippen LogP contribution >= 0.6 is 0 Å². The molecule has 0 saturated carbocycles. The minimum atomic E-state index is -0.350. The van der Waals surface area contributed by atoms with E-state index in [-0.39, 0.29) is 10.6 Å². The predicted octanol–water partition coefficient (Wildman–Crippen LogP) is 3.33. The van der Waals surface area contributed by atoms with Crippen LogP contribution in [-0.4, -0.2) is 19.0 Å². The molecule has 0 atom stereocenters. The van der Waals surface area contributed by atoms with Crippen LogP contribution in [0, 0.1) is 10.1 Å². The zero-order valence-electron chi connectivity index (χ0n) is 10.3. The first-order valence-electron chi connectivity index (χ1n) is 5.61. The number of para-hydroxylation sites is 1. The molecule has 0 amide bonds. The Morgan fingerprint density at radius 3 is 2.44 bits per heavy atom. The molecule has 0 saturated heterocycles. The van der Waals surface area contributed by atoms with Gasteiger partial charge in [0.25, 0.3) is 5.69 Å². The summed E-state index contributed by atoms with van der Waals surface area (Å²) in [6, 6.07) is 14.5. The van der Waals surface area contributed by atoms with Gasteiger partial charge in [0, 0.05) is 25.8 Å². The molecule has 2 aromatic rings. The fourth-order valence-corrected chi connectivity index (χ4v) is 1.83. The molecule has 0 N–H and O–H groups in total. The molecule has 0 aromatic heterocycles. The highest BCUT2D eigenvalue weighted by atomic mass is 16.6. The molecule has 0 bridgehead atoms. The van der Waals surface area contributed by atoms with Gasteiger partial charge in [-0.1, -0.05) is 24.3 Å². The summed E-state index contributed by atoms with van der Waals surface area (Å²) in [4.78, 5) is 12.6. The van der Waals surface area contributed by atoms with Crippen molar-refractivity contribution in [3.8, 4) is 11.1 Å². The molecule has 0 aliphatic rings. The number of nitro groups is 1. The van der Waals surface area contributed by atoms with Crippen LogP contribution in [0.1, 0.15) is 0 Å². The second-order valence-electron chi connectivity index (χ2n) is 4.22. The fraction of sp³-hybridized carbons (Fsp3) is 0.143. The molecule has 0 aliphatic heterocycles. The van der Waals surface area contributed by atoms with E-state index in [1.165, 1.54) is 6.07 Å². The smallest absolute Gasteiger partial charge is 0.277 e. The van der Waals surface area contributed by atoms with Crippen LogP contribution < -0.4 is 4.90 Å². The lowest BCUT2D eigenvalue weighted by Crippen LogP contribution is -2.08. The Hall–Kier alpha value is -2.36. The van der Waals surface area contributed by atoms with Crippen molar-refractivity contribution in [2.75, 3.05) is 19.0 Å². The molecule has 0 fully saturated rings. The minimum Gasteiger partial charge on any atom is -0.378 e. The molecule has 2 rings (SSSR count). The van der Waals surface area contributed by atoms with Crippen LogP contribution in [0.2, 0.25) is 0 Å². The summed E-state index contributed by atoms with van der Waals surface area (Å²) >= 11 is 0. The number of hydrogen-bond donors (Lipinski definition) is 0. The Labute approximate surface area is 106 Å². The van der Waals surface area contributed by atoms with Crippen molar-refractivity contribution in [3.63, 3.8) is 0 Å². The van der Waals surface area contributed by atoms with Gasteiger partial charge >= 0.3 is 0 Å². The number of rotatable bonds is 3. The van der Waals surface area contributed by atoms with Crippen molar-refractivity contribution in [3.05, 3.63) is 58.6 Å². The van der Waals surface area contributed by atoms with Crippen LogP contribution in [0.25, 0.3) is 11.1 Å². The molecule has 0 unspecified atom stereocenters. The second kappa shape index (κ2) is 4.87. The van der Waals surface area contributed by atoms with Gasteiger partial charge in [0.1, 0.15) is 0 Å². The molecule has 0 heterocycles. The van der Waals surface area contributed by atoms with Gasteiger partial charge in [-0.25, -0.2) is 0 Å². The predicted molar refractivity (Wildman–Crippen MR) is 72.9 cm³/mol. The number of anilines is 1. The highest BCUT2D eigenvalue weighted by Gasteiger charge is 2.14. The molecule has 0 spiro atoms. The average Bonchev–Trinajstić information content (AvgIpc) is 2.39. The minimum absolute atomic E-state index is 0.133. The zero-order valence-corrected chi connectivity index (χ0v) is 10.3. The van der Waals surface area contributed by atoms with E-state index in [9.17, 15) is 10.1 Å². The SMILES string of the molecule is CN(C)c1cccc(-c2ccccc2[N+](=O)[O-])c1. The van der Waals surface area contributed by atoms with Crippen molar-refractivity contribution in [1.29, 1.82) is 0 Å². The summed E-state index contributed by atoms with van der Waals surface area (Å²) in [5.74, 6) is 0. The molecule has 0 radical (unpaired) electrons. The first-order chi connectivity index (χ1) is 8.59. The van der Waals surface area contributed by atoms with E-state index in [1.807, 2.05) is 49.3 Å². The topological polar surface area (TPSA) is 46.4 Å². The molecule has 4 nitrogen and oxygen atoms in total. The van der Waals surface area contributed by atoms with Crippen LogP contribution in [0.3, 0.4) is 0 Å². The molecule has 18 heavy (non-hydrogen) atoms. The summed E-state index contributed by atoms with van der Waals surface area (Å²) in [6.45, 7) is 0. The third-order valence-electron chi connectivity index (χ3n) is 2.77. The number of nitro benzene ring substituents is 1. The van der Waals surface area contributed by atoms with Gasteiger partial charge in [-0.05, 0) is 23.8 Å². The largest absolute Gasteiger partial charge is 0.378 e. The first-order valence-corrected chi connectivity index (χ1v) is 5.61. The highest BCUT2D eigenvalue weighted by molar-refractivity contribution is 5.76. The van der Waals surface area contributed by atoms with Gasteiger partial charge in [0.05, 0.1) is 10.5 Å². The monoisotopic (exact) mass is 242 g/mol. The van der Waals surface area contributed by atoms with Gasteiger partial charge in [-0.15, -0.1) is 0 Å². The average molecular weight is 242 g/mol. The Kier molecular flexibility index (Phi) is 3.28. The quantitative estimate of drug-likeness (QED) is 0.612. The number of nitrogens with zero attached hydrogens (tertiary/aromatic N) is 2. The van der Waals surface area contributed by atoms with Crippen molar-refractivity contribution in [1.82, 2.24) is 0 Å². The molecule has 92 valence electrons. The van der Waals surface area contributed by atoms with E-state index < -0.39 is 0 Å². The molecular weight excluding hydrogens is 228 g/mol. The van der Waals surface area contributed by atoms with Crippen LogP contribution in [0.5, 0.6) is 0 Å². The summed E-state index contributed by atoms with van der Waals surface area (Å²) in [5, 5.41) is 11.0. The van der Waals surface area contributed by atoms with Crippen LogP contribution in [0.4, 0.5) is 11.4 Å². The normalized spacial score (nSPS) is 10.1. The van der Waals surface area contributed by atoms with Gasteiger partial charge < -0.3 is 4.90 Å². The van der Waals surface area contributed by atoms with E-state index in [0.29, 0.717) is 5.56 Å². The zero-order chi connectivity index (χ0) is 13.1. The standard InChI is InChI=1S/C14H14N2O2/c1-15(2)12-7-5-6-11(10-12)13-8-3-4-9-14(13)16(17)18/h3-10H,1-2H3. The summed E-state index contributed by atoms with van der Waals surface area (Å²) in [7, 11) is 3.89. The van der Waals surface area contributed by atoms with Gasteiger partial charge in [-0.2, -0.15) is 0 Å². The fourth-order valence-electron chi connectivity index (χ4n) is 1.83. The van der Waals surface area contributed by atoms with Gasteiger partial charge in [-0.3, -0.25) is 10.1 Å². The van der Waals surface area contributed by atoms with E-state index in [2.05, 4.69) is 0 Å². The Morgan fingerprint density at radius 1 is 1.06 bits per heavy atom. The van der Waals surface area contributed by atoms with Crippen LogP contribution in [-0.2, 0) is 0 Å². The molecule has 4 heteroatoms. The van der Waals surface area contributed by atoms with Crippen LogP contribution in [0.15, 0.2) is 48.5 Å². The summed E-state index contributed by atoms with van der Waals surface area (Å²) in [5.41, 5.74) is 2.65. The van der Waals surface area contributed by atoms with E-state index >= 15 is 0 Å². The molecule has 2 aromatic carbocycles. The van der Waals surface area contributed by atoms with E-state index in [4.69, 9.17) is 0 Å². The summed E-state index contributed by atoms with van der Waals surface area (Å²) < 4.78 is 0. The maximum atomic E-state index is 11.0. The van der Waals surface area contributed by atoms with Gasteiger partial charge in [0.2, 0.25) is 0 Å². The Balaban J connectivity index is 2.55. The lowest BCUT2D eigenvalue weighted by molar-refractivity contribution is -0.384. The highest BCUT2D eigenvalue weighted by Crippen LogP contribution is 2.31. The number of benzene rings is 2. The van der Waals surface area contributed by atoms with Crippen molar-refractivity contribution >= 4 is 11.4 Å². The number of hydrogen-bond acceptors (Lipinski definition) is 3. The first kappa shape index (κ1) is 12.1. The van der Waals surface area contributed by atoms with Gasteiger partial charge in [0.15, 0.2) is 0 Å². The lowest BCUT2D eigenvalue weighted by Gasteiger charge is -2.13. The third kappa shape index (κ3) is 2.32. The second-order valence-corrected chi connectivity index (χ2v) is 4.22. The Bertz CT molecular complexity index is 580. The lowest BCUT2D eigenvalue weighted by atomic mass is 10.0. The van der Waals surface area contributed by atoms with Crippen molar-refractivity contribution in [2.24, 2.45) is 0 Å². The van der Waals surface area contributed by atoms with Crippen molar-refractivity contribution < 1.29 is 4.92 Å². The molecule has 0 aliphatic carbocycles. The van der Waals surface area contributed by atoms with E-state index in [0.717, 1.165) is 11.3 Å². The van der Waals surface area contributed by atoms with E-state index in [1.54, 1.807) is 12.1 Å². The van der Waals surface area contributed by atoms with Crippen molar-refractivity contribution in [2.45, 2.75) is 0 Å². The third-order valence-corrected chi connectivity index (χ3v) is 2.77.